The predicted octanol–water partition coefficient (Wildman–Crippen LogP) is 4.83. The molecule has 0 aliphatic carbocycles. The van der Waals surface area contributed by atoms with Crippen molar-refractivity contribution < 1.29 is 22.4 Å². The first-order chi connectivity index (χ1) is 18.4. The van der Waals surface area contributed by atoms with Gasteiger partial charge in [-0.3, -0.25) is 13.9 Å². The Labute approximate surface area is 230 Å². The molecule has 1 N–H and O–H groups in total. The van der Waals surface area contributed by atoms with Crippen LogP contribution in [-0.2, 0) is 26.2 Å². The van der Waals surface area contributed by atoms with Gasteiger partial charge < -0.3 is 10.2 Å². The molecular weight excluding hydrogens is 517 g/mol. The molecule has 0 radical (unpaired) electrons. The number of hydrogen-bond acceptors (Lipinski definition) is 4. The summed E-state index contributed by atoms with van der Waals surface area (Å²) in [5, 5.41) is 2.84. The highest BCUT2D eigenvalue weighted by atomic mass is 32.2. The number of nitrogens with one attached hydrogen (secondary N) is 1. The maximum atomic E-state index is 13.9. The molecule has 39 heavy (non-hydrogen) atoms. The largest absolute Gasteiger partial charge is 0.354 e. The molecule has 0 heterocycles. The zero-order valence-electron chi connectivity index (χ0n) is 23.0. The molecule has 2 amide bonds. The Morgan fingerprint density at radius 1 is 0.897 bits per heavy atom. The van der Waals surface area contributed by atoms with E-state index >= 15 is 0 Å². The molecule has 0 aliphatic rings. The minimum atomic E-state index is -4.13. The molecule has 3 rings (SSSR count). The smallest absolute Gasteiger partial charge is 0.264 e. The lowest BCUT2D eigenvalue weighted by Crippen LogP contribution is -2.51. The Morgan fingerprint density at radius 2 is 1.54 bits per heavy atom. The van der Waals surface area contributed by atoms with Crippen LogP contribution in [0, 0.1) is 25.6 Å². The minimum absolute atomic E-state index is 0.00160. The summed E-state index contributed by atoms with van der Waals surface area (Å²) in [6.07, 6.45) is 0. The number of anilines is 1. The van der Waals surface area contributed by atoms with Gasteiger partial charge in [0.05, 0.1) is 10.6 Å². The van der Waals surface area contributed by atoms with Gasteiger partial charge in [-0.25, -0.2) is 12.8 Å². The Hall–Kier alpha value is -3.72. The first-order valence-electron chi connectivity index (χ1n) is 12.9. The summed E-state index contributed by atoms with van der Waals surface area (Å²) in [6.45, 7) is 9.12. The highest BCUT2D eigenvalue weighted by Crippen LogP contribution is 2.25. The molecule has 3 aromatic carbocycles. The number of sulfonamides is 1. The van der Waals surface area contributed by atoms with E-state index in [0.29, 0.717) is 17.8 Å². The molecule has 0 saturated heterocycles. The number of hydrogen-bond donors (Lipinski definition) is 1. The quantitative estimate of drug-likeness (QED) is 0.369. The summed E-state index contributed by atoms with van der Waals surface area (Å²) in [5.41, 5.74) is 2.67. The van der Waals surface area contributed by atoms with Crippen LogP contribution in [0.25, 0.3) is 0 Å². The number of rotatable bonds is 11. The second-order valence-electron chi connectivity index (χ2n) is 10.1. The summed E-state index contributed by atoms with van der Waals surface area (Å²) < 4.78 is 42.3. The van der Waals surface area contributed by atoms with Crippen molar-refractivity contribution in [3.05, 3.63) is 95.3 Å². The van der Waals surface area contributed by atoms with Crippen LogP contribution < -0.4 is 9.62 Å². The van der Waals surface area contributed by atoms with Gasteiger partial charge in [-0.05, 0) is 74.2 Å². The van der Waals surface area contributed by atoms with E-state index in [0.717, 1.165) is 15.4 Å². The highest BCUT2D eigenvalue weighted by Gasteiger charge is 2.32. The fourth-order valence-electron chi connectivity index (χ4n) is 3.97. The van der Waals surface area contributed by atoms with E-state index in [1.807, 2.05) is 33.8 Å². The SMILES string of the molecule is Cc1ccc(S(=O)(=O)N(CC(=O)N(Cc2ccc(F)cc2)[C@H](C)C(=O)NCC(C)C)c2cccc(C)c2)cc1. The number of carbonyl (C=O) groups excluding carboxylic acids is 2. The molecule has 0 aliphatic heterocycles. The lowest BCUT2D eigenvalue weighted by Gasteiger charge is -2.32. The summed E-state index contributed by atoms with van der Waals surface area (Å²) >= 11 is 0. The van der Waals surface area contributed by atoms with E-state index in [9.17, 15) is 22.4 Å². The molecule has 7 nitrogen and oxygen atoms in total. The van der Waals surface area contributed by atoms with Crippen LogP contribution in [0.4, 0.5) is 10.1 Å². The molecule has 208 valence electrons. The average molecular weight is 554 g/mol. The Kier molecular flexibility index (Phi) is 9.86. The van der Waals surface area contributed by atoms with Gasteiger partial charge >= 0.3 is 0 Å². The fourth-order valence-corrected chi connectivity index (χ4v) is 5.38. The van der Waals surface area contributed by atoms with Gasteiger partial charge in [0.1, 0.15) is 18.4 Å². The van der Waals surface area contributed by atoms with Crippen molar-refractivity contribution in [2.75, 3.05) is 17.4 Å². The lowest BCUT2D eigenvalue weighted by molar-refractivity contribution is -0.139. The van der Waals surface area contributed by atoms with E-state index < -0.39 is 34.3 Å². The molecular formula is C30H36FN3O4S. The first kappa shape index (κ1) is 29.8. The number of benzene rings is 3. The number of carbonyl (C=O) groups is 2. The van der Waals surface area contributed by atoms with Gasteiger partial charge in [0.2, 0.25) is 11.8 Å². The third-order valence-electron chi connectivity index (χ3n) is 6.30. The Morgan fingerprint density at radius 3 is 2.13 bits per heavy atom. The van der Waals surface area contributed by atoms with Gasteiger partial charge in [-0.15, -0.1) is 0 Å². The van der Waals surface area contributed by atoms with Crippen LogP contribution in [0.2, 0.25) is 0 Å². The second kappa shape index (κ2) is 12.9. The van der Waals surface area contributed by atoms with Gasteiger partial charge in [0.25, 0.3) is 10.0 Å². The van der Waals surface area contributed by atoms with E-state index in [1.165, 1.54) is 41.3 Å². The van der Waals surface area contributed by atoms with Crippen LogP contribution in [0.3, 0.4) is 0 Å². The average Bonchev–Trinajstić information content (AvgIpc) is 2.89. The van der Waals surface area contributed by atoms with Crippen molar-refractivity contribution in [2.45, 2.75) is 52.1 Å². The van der Waals surface area contributed by atoms with Crippen molar-refractivity contribution in [3.8, 4) is 0 Å². The fraction of sp³-hybridized carbons (Fsp3) is 0.333. The third kappa shape index (κ3) is 7.89. The lowest BCUT2D eigenvalue weighted by atomic mass is 10.1. The number of amides is 2. The van der Waals surface area contributed by atoms with Gasteiger partial charge in [0, 0.05) is 13.1 Å². The zero-order valence-corrected chi connectivity index (χ0v) is 23.8. The molecule has 0 aromatic heterocycles. The molecule has 9 heteroatoms. The van der Waals surface area contributed by atoms with Crippen molar-refractivity contribution in [3.63, 3.8) is 0 Å². The molecule has 0 fully saturated rings. The van der Waals surface area contributed by atoms with Crippen LogP contribution >= 0.6 is 0 Å². The summed E-state index contributed by atoms with van der Waals surface area (Å²) in [5.74, 6) is -1.14. The Bertz CT molecular complexity index is 1390. The molecule has 0 bridgehead atoms. The van der Waals surface area contributed by atoms with E-state index in [2.05, 4.69) is 5.32 Å². The molecule has 1 atom stereocenters. The van der Waals surface area contributed by atoms with E-state index in [4.69, 9.17) is 0 Å². The van der Waals surface area contributed by atoms with Crippen LogP contribution in [-0.4, -0.2) is 44.3 Å². The van der Waals surface area contributed by atoms with Crippen LogP contribution in [0.15, 0.2) is 77.7 Å². The van der Waals surface area contributed by atoms with E-state index in [-0.39, 0.29) is 23.3 Å². The summed E-state index contributed by atoms with van der Waals surface area (Å²) in [7, 11) is -4.13. The minimum Gasteiger partial charge on any atom is -0.354 e. The number of halogens is 1. The van der Waals surface area contributed by atoms with Gasteiger partial charge in [-0.2, -0.15) is 0 Å². The maximum Gasteiger partial charge on any atom is 0.264 e. The second-order valence-corrected chi connectivity index (χ2v) is 12.0. The number of nitrogens with zero attached hydrogens (tertiary/aromatic N) is 2. The maximum absolute atomic E-state index is 13.9. The standard InChI is InChI=1S/C30H36FN3O4S/c1-21(2)18-32-30(36)24(5)33(19-25-11-13-26(31)14-12-25)29(35)20-34(27-8-6-7-23(4)17-27)39(37,38)28-15-9-22(3)10-16-28/h6-17,21,24H,18-20H2,1-5H3,(H,32,36)/t24-/m1/s1. The van der Waals surface area contributed by atoms with Crippen molar-refractivity contribution >= 4 is 27.5 Å². The van der Waals surface area contributed by atoms with Gasteiger partial charge in [0.15, 0.2) is 0 Å². The predicted molar refractivity (Wildman–Crippen MR) is 151 cm³/mol. The summed E-state index contributed by atoms with van der Waals surface area (Å²) in [4.78, 5) is 28.2. The monoisotopic (exact) mass is 553 g/mol. The molecule has 3 aromatic rings. The zero-order chi connectivity index (χ0) is 28.7. The molecule has 0 unspecified atom stereocenters. The van der Waals surface area contributed by atoms with Crippen molar-refractivity contribution in [1.82, 2.24) is 10.2 Å². The third-order valence-corrected chi connectivity index (χ3v) is 8.08. The highest BCUT2D eigenvalue weighted by molar-refractivity contribution is 7.92. The van der Waals surface area contributed by atoms with Gasteiger partial charge in [-0.1, -0.05) is 55.8 Å². The molecule has 0 spiro atoms. The number of aryl methyl sites for hydroxylation is 2. The van der Waals surface area contributed by atoms with Crippen molar-refractivity contribution in [2.24, 2.45) is 5.92 Å². The van der Waals surface area contributed by atoms with Crippen LogP contribution in [0.5, 0.6) is 0 Å². The van der Waals surface area contributed by atoms with E-state index in [1.54, 1.807) is 37.3 Å². The first-order valence-corrected chi connectivity index (χ1v) is 14.3. The van der Waals surface area contributed by atoms with Crippen molar-refractivity contribution in [1.29, 1.82) is 0 Å². The van der Waals surface area contributed by atoms with Crippen LogP contribution in [0.1, 0.15) is 37.5 Å². The normalized spacial score (nSPS) is 12.2. The Balaban J connectivity index is 2.01. The topological polar surface area (TPSA) is 86.8 Å². The molecule has 0 saturated carbocycles. The summed E-state index contributed by atoms with van der Waals surface area (Å²) in [6, 6.07) is 18.0.